The van der Waals surface area contributed by atoms with Crippen molar-refractivity contribution in [1.82, 2.24) is 9.97 Å². The molecule has 4 aromatic rings. The average molecular weight is 406 g/mol. The number of hydrogen-bond donors (Lipinski definition) is 1. The Morgan fingerprint density at radius 1 is 1.17 bits per heavy atom. The lowest BCUT2D eigenvalue weighted by molar-refractivity contribution is 0.0527. The number of carbonyl (C=O) groups is 1. The molecule has 0 aliphatic heterocycles. The molecule has 4 rings (SSSR count). The van der Waals surface area contributed by atoms with Gasteiger partial charge in [0.15, 0.2) is 0 Å². The molecule has 5 nitrogen and oxygen atoms in total. The molecule has 2 aromatic carbocycles. The van der Waals surface area contributed by atoms with Crippen LogP contribution in [-0.2, 0) is 4.74 Å². The molecule has 0 radical (unpaired) electrons. The van der Waals surface area contributed by atoms with Gasteiger partial charge in [-0.05, 0) is 51.1 Å². The van der Waals surface area contributed by atoms with Gasteiger partial charge >= 0.3 is 5.97 Å². The van der Waals surface area contributed by atoms with Gasteiger partial charge in [-0.1, -0.05) is 29.3 Å². The molecule has 0 bridgehead atoms. The summed E-state index contributed by atoms with van der Waals surface area (Å²) in [6, 6.07) is 13.4. The normalized spacial score (nSPS) is 11.0. The number of ether oxygens (including phenoxy) is 1. The van der Waals surface area contributed by atoms with Gasteiger partial charge < -0.3 is 10.1 Å². The first kappa shape index (κ1) is 19.2. The van der Waals surface area contributed by atoms with Crippen LogP contribution in [0.4, 0.5) is 11.4 Å². The van der Waals surface area contributed by atoms with Gasteiger partial charge in [0.2, 0.25) is 0 Å². The van der Waals surface area contributed by atoms with E-state index >= 15 is 0 Å². The summed E-state index contributed by atoms with van der Waals surface area (Å²) in [5.41, 5.74) is 5.28. The van der Waals surface area contributed by atoms with Crippen molar-refractivity contribution in [2.24, 2.45) is 0 Å². The van der Waals surface area contributed by atoms with Crippen molar-refractivity contribution < 1.29 is 9.53 Å². The van der Waals surface area contributed by atoms with Crippen molar-refractivity contribution in [3.05, 3.63) is 70.5 Å². The van der Waals surface area contributed by atoms with Crippen LogP contribution in [0, 0.1) is 13.8 Å². The Morgan fingerprint density at radius 3 is 2.76 bits per heavy atom. The number of nitrogens with zero attached hydrogens (tertiary/aromatic N) is 2. The van der Waals surface area contributed by atoms with Crippen LogP contribution in [0.3, 0.4) is 0 Å². The van der Waals surface area contributed by atoms with Gasteiger partial charge in [0, 0.05) is 33.4 Å². The second-order valence-corrected chi connectivity index (χ2v) is 7.28. The molecular weight excluding hydrogens is 386 g/mol. The van der Waals surface area contributed by atoms with Crippen molar-refractivity contribution in [3.8, 4) is 0 Å². The molecule has 0 unspecified atom stereocenters. The van der Waals surface area contributed by atoms with Crippen LogP contribution < -0.4 is 5.32 Å². The summed E-state index contributed by atoms with van der Waals surface area (Å²) in [6.45, 7) is 6.01. The predicted molar refractivity (Wildman–Crippen MR) is 117 cm³/mol. The number of aromatic nitrogens is 2. The Kier molecular flexibility index (Phi) is 5.07. The fourth-order valence-corrected chi connectivity index (χ4v) is 3.64. The van der Waals surface area contributed by atoms with E-state index in [-0.39, 0.29) is 6.61 Å². The quantitative estimate of drug-likeness (QED) is 0.334. The number of anilines is 2. The number of rotatable bonds is 4. The van der Waals surface area contributed by atoms with Crippen LogP contribution in [0.1, 0.15) is 28.5 Å². The fourth-order valence-electron chi connectivity index (χ4n) is 3.45. The molecule has 0 aliphatic rings. The first-order valence-electron chi connectivity index (χ1n) is 9.37. The molecule has 2 heterocycles. The standard InChI is InChI=1S/C23H20ClN3O2/c1-4-29-23(28)18-12-25-21-17-10-13(2)8-9-19(17)26-14(3)20(21)22(18)27-16-7-5-6-15(24)11-16/h5-12H,4H2,1-3H3,(H,25,27). The van der Waals surface area contributed by atoms with E-state index in [2.05, 4.69) is 16.4 Å². The largest absolute Gasteiger partial charge is 0.462 e. The molecule has 6 heteroatoms. The van der Waals surface area contributed by atoms with Gasteiger partial charge in [0.1, 0.15) is 5.56 Å². The molecular formula is C23H20ClN3O2. The van der Waals surface area contributed by atoms with Crippen LogP contribution in [0.15, 0.2) is 48.7 Å². The van der Waals surface area contributed by atoms with Crippen molar-refractivity contribution in [1.29, 1.82) is 0 Å². The number of benzene rings is 2. The van der Waals surface area contributed by atoms with E-state index in [4.69, 9.17) is 21.3 Å². The Bertz CT molecular complexity index is 1250. The summed E-state index contributed by atoms with van der Waals surface area (Å²) in [5.74, 6) is -0.435. The zero-order chi connectivity index (χ0) is 20.5. The maximum Gasteiger partial charge on any atom is 0.341 e. The van der Waals surface area contributed by atoms with Crippen LogP contribution in [-0.4, -0.2) is 22.5 Å². The molecule has 2 aromatic heterocycles. The van der Waals surface area contributed by atoms with Crippen molar-refractivity contribution in [2.45, 2.75) is 20.8 Å². The summed E-state index contributed by atoms with van der Waals surface area (Å²) < 4.78 is 5.26. The smallest absolute Gasteiger partial charge is 0.341 e. The van der Waals surface area contributed by atoms with E-state index in [1.807, 2.05) is 38.1 Å². The number of hydrogen-bond acceptors (Lipinski definition) is 5. The molecule has 0 spiro atoms. The van der Waals surface area contributed by atoms with E-state index < -0.39 is 5.97 Å². The maximum atomic E-state index is 12.6. The predicted octanol–water partition coefficient (Wildman–Crippen LogP) is 5.97. The number of nitrogens with one attached hydrogen (secondary N) is 1. The Morgan fingerprint density at radius 2 is 2.00 bits per heavy atom. The van der Waals surface area contributed by atoms with Crippen LogP contribution in [0.2, 0.25) is 5.02 Å². The lowest BCUT2D eigenvalue weighted by atomic mass is 10.0. The summed E-state index contributed by atoms with van der Waals surface area (Å²) >= 11 is 6.15. The van der Waals surface area contributed by atoms with E-state index in [0.29, 0.717) is 16.3 Å². The van der Waals surface area contributed by atoms with Crippen molar-refractivity contribution >= 4 is 50.8 Å². The zero-order valence-corrected chi connectivity index (χ0v) is 17.2. The Hall–Kier alpha value is -3.18. The number of carbonyl (C=O) groups excluding carboxylic acids is 1. The van der Waals surface area contributed by atoms with E-state index in [0.717, 1.165) is 38.8 Å². The molecule has 29 heavy (non-hydrogen) atoms. The van der Waals surface area contributed by atoms with Crippen LogP contribution in [0.5, 0.6) is 0 Å². The Balaban J connectivity index is 2.04. The van der Waals surface area contributed by atoms with Crippen molar-refractivity contribution in [2.75, 3.05) is 11.9 Å². The third kappa shape index (κ3) is 3.61. The number of pyridine rings is 2. The topological polar surface area (TPSA) is 64.1 Å². The highest BCUT2D eigenvalue weighted by molar-refractivity contribution is 6.30. The highest BCUT2D eigenvalue weighted by Crippen LogP contribution is 2.35. The molecule has 0 atom stereocenters. The van der Waals surface area contributed by atoms with E-state index in [1.54, 1.807) is 25.3 Å². The summed E-state index contributed by atoms with van der Waals surface area (Å²) in [7, 11) is 0. The summed E-state index contributed by atoms with van der Waals surface area (Å²) in [4.78, 5) is 22.0. The molecule has 0 saturated heterocycles. The van der Waals surface area contributed by atoms with Crippen molar-refractivity contribution in [3.63, 3.8) is 0 Å². The number of fused-ring (bicyclic) bond motifs is 3. The Labute approximate surface area is 173 Å². The minimum Gasteiger partial charge on any atom is -0.462 e. The molecule has 0 aliphatic carbocycles. The molecule has 0 fully saturated rings. The van der Waals surface area contributed by atoms with E-state index in [1.165, 1.54) is 0 Å². The minimum atomic E-state index is -0.435. The summed E-state index contributed by atoms with van der Waals surface area (Å²) in [6.07, 6.45) is 1.56. The molecule has 1 N–H and O–H groups in total. The highest BCUT2D eigenvalue weighted by Gasteiger charge is 2.20. The first-order valence-corrected chi connectivity index (χ1v) is 9.75. The van der Waals surface area contributed by atoms with E-state index in [9.17, 15) is 4.79 Å². The van der Waals surface area contributed by atoms with Gasteiger partial charge in [-0.25, -0.2) is 4.79 Å². The molecule has 146 valence electrons. The van der Waals surface area contributed by atoms with Gasteiger partial charge in [-0.15, -0.1) is 0 Å². The minimum absolute atomic E-state index is 0.279. The molecule has 0 amide bonds. The van der Waals surface area contributed by atoms with Crippen LogP contribution >= 0.6 is 11.6 Å². The van der Waals surface area contributed by atoms with Gasteiger partial charge in [-0.2, -0.15) is 0 Å². The SMILES string of the molecule is CCOC(=O)c1cnc2c(c(C)nc3ccc(C)cc32)c1Nc1cccc(Cl)c1. The van der Waals surface area contributed by atoms with Gasteiger partial charge in [-0.3, -0.25) is 9.97 Å². The lowest BCUT2D eigenvalue weighted by Gasteiger charge is -2.17. The third-order valence-electron chi connectivity index (χ3n) is 4.73. The highest BCUT2D eigenvalue weighted by atomic mass is 35.5. The molecule has 0 saturated carbocycles. The first-order chi connectivity index (χ1) is 14.0. The maximum absolute atomic E-state index is 12.6. The number of aryl methyl sites for hydroxylation is 2. The lowest BCUT2D eigenvalue weighted by Crippen LogP contribution is -2.10. The third-order valence-corrected chi connectivity index (χ3v) is 4.96. The second kappa shape index (κ2) is 7.68. The average Bonchev–Trinajstić information content (AvgIpc) is 2.69. The fraction of sp³-hybridized carbons (Fsp3) is 0.174. The summed E-state index contributed by atoms with van der Waals surface area (Å²) in [5, 5.41) is 5.68. The monoisotopic (exact) mass is 405 g/mol. The van der Waals surface area contributed by atoms with Gasteiger partial charge in [0.25, 0.3) is 0 Å². The second-order valence-electron chi connectivity index (χ2n) is 6.84. The van der Waals surface area contributed by atoms with Gasteiger partial charge in [0.05, 0.1) is 23.3 Å². The number of halogens is 1. The number of esters is 1. The van der Waals surface area contributed by atoms with Crippen LogP contribution in [0.25, 0.3) is 21.8 Å². The zero-order valence-electron chi connectivity index (χ0n) is 16.4.